The minimum Gasteiger partial charge on any atom is -0.371 e. The first-order valence-electron chi connectivity index (χ1n) is 7.88. The number of benzene rings is 1. The predicted molar refractivity (Wildman–Crippen MR) is 90.1 cm³/mol. The largest absolute Gasteiger partial charge is 0.371 e. The van der Waals surface area contributed by atoms with Crippen molar-refractivity contribution in [3.8, 4) is 0 Å². The van der Waals surface area contributed by atoms with Gasteiger partial charge in [0.2, 0.25) is 5.91 Å². The van der Waals surface area contributed by atoms with Crippen LogP contribution in [0, 0.1) is 12.8 Å². The van der Waals surface area contributed by atoms with Crippen molar-refractivity contribution < 1.29 is 4.79 Å². The molecule has 1 aliphatic heterocycles. The molecule has 1 aromatic carbocycles. The normalized spacial score (nSPS) is 16.0. The van der Waals surface area contributed by atoms with E-state index in [1.54, 1.807) is 4.90 Å². The van der Waals surface area contributed by atoms with E-state index in [1.165, 1.54) is 16.6 Å². The number of carbonyl (C=O) groups excluding carboxylic acids is 1. The maximum Gasteiger partial charge on any atom is 0.225 e. The maximum absolute atomic E-state index is 12.1. The number of amides is 1. The van der Waals surface area contributed by atoms with E-state index in [2.05, 4.69) is 41.1 Å². The molecule has 0 N–H and O–H groups in total. The number of hydrogen-bond acceptors (Lipinski definition) is 3. The summed E-state index contributed by atoms with van der Waals surface area (Å²) in [6.07, 6.45) is 3.73. The SMILES string of the molecule is Cc1ccc2nccc(N3CCC(C(=O)N(C)C)CC3)c2c1. The van der Waals surface area contributed by atoms with Gasteiger partial charge >= 0.3 is 0 Å². The van der Waals surface area contributed by atoms with Crippen molar-refractivity contribution in [1.29, 1.82) is 0 Å². The maximum atomic E-state index is 12.1. The third-order valence-corrected chi connectivity index (χ3v) is 4.50. The van der Waals surface area contributed by atoms with Gasteiger partial charge in [0.05, 0.1) is 5.52 Å². The molecule has 0 unspecified atom stereocenters. The van der Waals surface area contributed by atoms with Crippen molar-refractivity contribution in [1.82, 2.24) is 9.88 Å². The van der Waals surface area contributed by atoms with Gasteiger partial charge in [-0.2, -0.15) is 0 Å². The van der Waals surface area contributed by atoms with Gasteiger partial charge in [-0.3, -0.25) is 9.78 Å². The van der Waals surface area contributed by atoms with Crippen molar-refractivity contribution in [2.75, 3.05) is 32.1 Å². The van der Waals surface area contributed by atoms with E-state index in [9.17, 15) is 4.79 Å². The van der Waals surface area contributed by atoms with E-state index in [0.29, 0.717) is 0 Å². The molecule has 2 heterocycles. The van der Waals surface area contributed by atoms with Crippen LogP contribution in [0.5, 0.6) is 0 Å². The van der Waals surface area contributed by atoms with Crippen molar-refractivity contribution in [2.24, 2.45) is 5.92 Å². The average Bonchev–Trinajstić information content (AvgIpc) is 2.53. The van der Waals surface area contributed by atoms with Crippen LogP contribution in [0.15, 0.2) is 30.5 Å². The van der Waals surface area contributed by atoms with E-state index >= 15 is 0 Å². The molecule has 0 saturated carbocycles. The van der Waals surface area contributed by atoms with Gasteiger partial charge in [0, 0.05) is 50.4 Å². The highest BCUT2D eigenvalue weighted by molar-refractivity contribution is 5.92. The zero-order valence-electron chi connectivity index (χ0n) is 13.5. The lowest BCUT2D eigenvalue weighted by molar-refractivity contribution is -0.133. The molecule has 1 amide bonds. The van der Waals surface area contributed by atoms with Crippen LogP contribution in [0.2, 0.25) is 0 Å². The molecular formula is C18H23N3O. The Bertz CT molecular complexity index is 688. The molecule has 1 fully saturated rings. The number of carbonyl (C=O) groups is 1. The molecule has 3 rings (SSSR count). The van der Waals surface area contributed by atoms with Gasteiger partial charge in [-0.1, -0.05) is 11.6 Å². The Labute approximate surface area is 131 Å². The van der Waals surface area contributed by atoms with Crippen LogP contribution in [-0.4, -0.2) is 43.0 Å². The topological polar surface area (TPSA) is 36.4 Å². The molecule has 1 saturated heterocycles. The molecule has 0 spiro atoms. The van der Waals surface area contributed by atoms with E-state index < -0.39 is 0 Å². The summed E-state index contributed by atoms with van der Waals surface area (Å²) in [7, 11) is 3.68. The second-order valence-electron chi connectivity index (χ2n) is 6.34. The molecule has 116 valence electrons. The van der Waals surface area contributed by atoms with Crippen LogP contribution in [-0.2, 0) is 4.79 Å². The minimum absolute atomic E-state index is 0.168. The molecule has 4 heteroatoms. The smallest absolute Gasteiger partial charge is 0.225 e. The van der Waals surface area contributed by atoms with Gasteiger partial charge in [0.25, 0.3) is 0 Å². The Balaban J connectivity index is 1.82. The number of fused-ring (bicyclic) bond motifs is 1. The number of piperidine rings is 1. The third kappa shape index (κ3) is 2.78. The predicted octanol–water partition coefficient (Wildman–Crippen LogP) is 2.85. The number of hydrogen-bond donors (Lipinski definition) is 0. The fourth-order valence-electron chi connectivity index (χ4n) is 3.25. The van der Waals surface area contributed by atoms with Gasteiger partial charge in [-0.15, -0.1) is 0 Å². The minimum atomic E-state index is 0.168. The number of aryl methyl sites for hydroxylation is 1. The first-order valence-corrected chi connectivity index (χ1v) is 7.88. The summed E-state index contributed by atoms with van der Waals surface area (Å²) in [6.45, 7) is 3.97. The highest BCUT2D eigenvalue weighted by Gasteiger charge is 2.26. The summed E-state index contributed by atoms with van der Waals surface area (Å²) in [6, 6.07) is 8.47. The fourth-order valence-corrected chi connectivity index (χ4v) is 3.25. The van der Waals surface area contributed by atoms with E-state index in [1.807, 2.05) is 20.3 Å². The van der Waals surface area contributed by atoms with Gasteiger partial charge in [0.15, 0.2) is 0 Å². The lowest BCUT2D eigenvalue weighted by atomic mass is 9.95. The number of aromatic nitrogens is 1. The first-order chi connectivity index (χ1) is 10.6. The summed E-state index contributed by atoms with van der Waals surface area (Å²) in [4.78, 5) is 20.7. The molecule has 1 aromatic heterocycles. The third-order valence-electron chi connectivity index (χ3n) is 4.50. The lowest BCUT2D eigenvalue weighted by Crippen LogP contribution is -2.40. The summed E-state index contributed by atoms with van der Waals surface area (Å²) in [5.41, 5.74) is 3.53. The molecule has 0 radical (unpaired) electrons. The number of nitrogens with zero attached hydrogens (tertiary/aromatic N) is 3. The zero-order chi connectivity index (χ0) is 15.7. The Morgan fingerprint density at radius 3 is 2.64 bits per heavy atom. The number of anilines is 1. The summed E-state index contributed by atoms with van der Waals surface area (Å²) >= 11 is 0. The highest BCUT2D eigenvalue weighted by Crippen LogP contribution is 2.30. The Morgan fingerprint density at radius 1 is 1.23 bits per heavy atom. The van der Waals surface area contributed by atoms with Gasteiger partial charge in [-0.25, -0.2) is 0 Å². The molecule has 0 aliphatic carbocycles. The van der Waals surface area contributed by atoms with Crippen molar-refractivity contribution in [3.05, 3.63) is 36.0 Å². The van der Waals surface area contributed by atoms with E-state index in [-0.39, 0.29) is 11.8 Å². The molecule has 0 bridgehead atoms. The molecule has 2 aromatic rings. The van der Waals surface area contributed by atoms with E-state index in [0.717, 1.165) is 31.4 Å². The Morgan fingerprint density at radius 2 is 1.95 bits per heavy atom. The fraction of sp³-hybridized carbons (Fsp3) is 0.444. The highest BCUT2D eigenvalue weighted by atomic mass is 16.2. The monoisotopic (exact) mass is 297 g/mol. The molecule has 4 nitrogen and oxygen atoms in total. The van der Waals surface area contributed by atoms with Crippen LogP contribution < -0.4 is 4.90 Å². The van der Waals surface area contributed by atoms with Crippen LogP contribution in [0.4, 0.5) is 5.69 Å². The number of pyridine rings is 1. The second kappa shape index (κ2) is 5.95. The molecule has 1 aliphatic rings. The van der Waals surface area contributed by atoms with E-state index in [4.69, 9.17) is 0 Å². The van der Waals surface area contributed by atoms with Gasteiger partial charge in [0.1, 0.15) is 0 Å². The lowest BCUT2D eigenvalue weighted by Gasteiger charge is -2.34. The van der Waals surface area contributed by atoms with Gasteiger partial charge < -0.3 is 9.80 Å². The summed E-state index contributed by atoms with van der Waals surface area (Å²) in [5.74, 6) is 0.427. The molecule has 0 atom stereocenters. The van der Waals surface area contributed by atoms with Crippen molar-refractivity contribution in [3.63, 3.8) is 0 Å². The summed E-state index contributed by atoms with van der Waals surface area (Å²) in [5, 5.41) is 1.21. The molecular weight excluding hydrogens is 274 g/mol. The van der Waals surface area contributed by atoms with Gasteiger partial charge in [-0.05, 0) is 38.0 Å². The molecule has 22 heavy (non-hydrogen) atoms. The average molecular weight is 297 g/mol. The Kier molecular flexibility index (Phi) is 4.01. The standard InChI is InChI=1S/C18H23N3O/c1-13-4-5-16-15(12-13)17(6-9-19-16)21-10-7-14(8-11-21)18(22)20(2)3/h4-6,9,12,14H,7-8,10-11H2,1-3H3. The van der Waals surface area contributed by atoms with Crippen LogP contribution in [0.1, 0.15) is 18.4 Å². The Hall–Kier alpha value is -2.10. The quantitative estimate of drug-likeness (QED) is 0.855. The zero-order valence-corrected chi connectivity index (χ0v) is 13.5. The van der Waals surface area contributed by atoms with Crippen LogP contribution in [0.25, 0.3) is 10.9 Å². The van der Waals surface area contributed by atoms with Crippen molar-refractivity contribution >= 4 is 22.5 Å². The van der Waals surface area contributed by atoms with Crippen LogP contribution >= 0.6 is 0 Å². The summed E-state index contributed by atoms with van der Waals surface area (Å²) < 4.78 is 0. The van der Waals surface area contributed by atoms with Crippen LogP contribution in [0.3, 0.4) is 0 Å². The second-order valence-corrected chi connectivity index (χ2v) is 6.34. The van der Waals surface area contributed by atoms with Crippen molar-refractivity contribution in [2.45, 2.75) is 19.8 Å². The number of rotatable bonds is 2. The first kappa shape index (κ1) is 14.8.